The van der Waals surface area contributed by atoms with E-state index in [-0.39, 0.29) is 0 Å². The van der Waals surface area contributed by atoms with Crippen LogP contribution in [0.1, 0.15) is 5.56 Å². The average Bonchev–Trinajstić information content (AvgIpc) is 3.10. The molecule has 0 aliphatic carbocycles. The summed E-state index contributed by atoms with van der Waals surface area (Å²) < 4.78 is 1.84. The molecule has 0 atom stereocenters. The lowest BCUT2D eigenvalue weighted by Gasteiger charge is -2.01. The molecule has 5 heteroatoms. The Morgan fingerprint density at radius 1 is 1.30 bits per heavy atom. The van der Waals surface area contributed by atoms with Crippen molar-refractivity contribution in [1.82, 2.24) is 24.6 Å². The fourth-order valence-electron chi connectivity index (χ4n) is 2.42. The molecule has 0 radical (unpaired) electrons. The van der Waals surface area contributed by atoms with Crippen LogP contribution in [0.5, 0.6) is 0 Å². The number of nitrogens with one attached hydrogen (secondary N) is 1. The molecule has 4 heterocycles. The number of hydrogen-bond donors (Lipinski definition) is 1. The third-order valence-electron chi connectivity index (χ3n) is 3.44. The Bertz CT molecular complexity index is 932. The molecule has 0 aliphatic heterocycles. The number of fused-ring (bicyclic) bond motifs is 2. The first-order chi connectivity index (χ1) is 9.86. The van der Waals surface area contributed by atoms with Crippen molar-refractivity contribution in [2.75, 3.05) is 0 Å². The number of rotatable bonds is 2. The van der Waals surface area contributed by atoms with Gasteiger partial charge in [0.15, 0.2) is 0 Å². The van der Waals surface area contributed by atoms with Gasteiger partial charge in [0.1, 0.15) is 12.0 Å². The van der Waals surface area contributed by atoms with Gasteiger partial charge in [-0.15, -0.1) is 0 Å². The van der Waals surface area contributed by atoms with Crippen molar-refractivity contribution in [3.63, 3.8) is 0 Å². The number of aromatic nitrogens is 5. The van der Waals surface area contributed by atoms with Crippen molar-refractivity contribution in [3.8, 4) is 11.1 Å². The van der Waals surface area contributed by atoms with E-state index < -0.39 is 0 Å². The van der Waals surface area contributed by atoms with Crippen LogP contribution in [0, 0.1) is 0 Å². The fourth-order valence-corrected chi connectivity index (χ4v) is 2.42. The molecular formula is C15H11N5. The van der Waals surface area contributed by atoms with Crippen LogP contribution in [-0.4, -0.2) is 24.6 Å². The average molecular weight is 261 g/mol. The maximum Gasteiger partial charge on any atom is 0.141 e. The Balaban J connectivity index is 1.99. The number of pyridine rings is 1. The zero-order chi connectivity index (χ0) is 13.5. The van der Waals surface area contributed by atoms with Crippen molar-refractivity contribution >= 4 is 22.6 Å². The lowest BCUT2D eigenvalue weighted by Crippen LogP contribution is -1.87. The molecule has 5 nitrogen and oxygen atoms in total. The lowest BCUT2D eigenvalue weighted by atomic mass is 10.1. The predicted molar refractivity (Wildman–Crippen MR) is 78.2 cm³/mol. The summed E-state index contributed by atoms with van der Waals surface area (Å²) in [5, 5.41) is 5.30. The Morgan fingerprint density at radius 3 is 3.15 bits per heavy atom. The van der Waals surface area contributed by atoms with Gasteiger partial charge in [-0.3, -0.25) is 0 Å². The van der Waals surface area contributed by atoms with Crippen LogP contribution < -0.4 is 0 Å². The van der Waals surface area contributed by atoms with E-state index in [1.807, 2.05) is 41.4 Å². The first-order valence-corrected chi connectivity index (χ1v) is 6.24. The van der Waals surface area contributed by atoms with Gasteiger partial charge in [-0.1, -0.05) is 12.7 Å². The first-order valence-electron chi connectivity index (χ1n) is 6.24. The Labute approximate surface area is 114 Å². The molecule has 0 saturated carbocycles. The quantitative estimate of drug-likeness (QED) is 0.603. The highest BCUT2D eigenvalue weighted by molar-refractivity contribution is 5.93. The molecule has 1 N–H and O–H groups in total. The number of H-pyrrole nitrogens is 1. The minimum atomic E-state index is 0.840. The van der Waals surface area contributed by atoms with E-state index >= 15 is 0 Å². The van der Waals surface area contributed by atoms with Gasteiger partial charge in [0.2, 0.25) is 0 Å². The largest absolute Gasteiger partial charge is 0.345 e. The van der Waals surface area contributed by atoms with E-state index in [1.54, 1.807) is 6.33 Å². The normalized spacial score (nSPS) is 11.2. The number of hydrogen-bond acceptors (Lipinski definition) is 3. The minimum Gasteiger partial charge on any atom is -0.345 e. The molecule has 0 saturated heterocycles. The molecule has 0 bridgehead atoms. The fraction of sp³-hybridized carbons (Fsp3) is 0. The van der Waals surface area contributed by atoms with Crippen molar-refractivity contribution in [2.24, 2.45) is 0 Å². The van der Waals surface area contributed by atoms with Gasteiger partial charge in [0.25, 0.3) is 0 Å². The second kappa shape index (κ2) is 4.03. The summed E-state index contributed by atoms with van der Waals surface area (Å²) in [6.07, 6.45) is 10.9. The van der Waals surface area contributed by atoms with Gasteiger partial charge in [-0.05, 0) is 17.7 Å². The van der Waals surface area contributed by atoms with Crippen LogP contribution in [0.4, 0.5) is 0 Å². The van der Waals surface area contributed by atoms with Crippen molar-refractivity contribution in [3.05, 3.63) is 55.4 Å². The summed E-state index contributed by atoms with van der Waals surface area (Å²) in [4.78, 5) is 11.5. The molecule has 0 aliphatic rings. The smallest absolute Gasteiger partial charge is 0.141 e. The Kier molecular flexibility index (Phi) is 2.20. The monoisotopic (exact) mass is 261 g/mol. The van der Waals surface area contributed by atoms with Crippen molar-refractivity contribution in [1.29, 1.82) is 0 Å². The highest BCUT2D eigenvalue weighted by atomic mass is 15.2. The van der Waals surface area contributed by atoms with Crippen molar-refractivity contribution in [2.45, 2.75) is 0 Å². The lowest BCUT2D eigenvalue weighted by molar-refractivity contribution is 0.962. The van der Waals surface area contributed by atoms with Crippen LogP contribution >= 0.6 is 0 Å². The Hall–Kier alpha value is -2.95. The predicted octanol–water partition coefficient (Wildman–Crippen LogP) is 2.92. The van der Waals surface area contributed by atoms with E-state index in [4.69, 9.17) is 0 Å². The van der Waals surface area contributed by atoms with E-state index in [9.17, 15) is 0 Å². The molecule has 0 fully saturated rings. The highest BCUT2D eigenvalue weighted by Gasteiger charge is 2.09. The summed E-state index contributed by atoms with van der Waals surface area (Å²) in [5.74, 6) is 0. The summed E-state index contributed by atoms with van der Waals surface area (Å²) >= 11 is 0. The van der Waals surface area contributed by atoms with Crippen LogP contribution in [0.25, 0.3) is 33.8 Å². The molecular weight excluding hydrogens is 250 g/mol. The molecule has 96 valence electrons. The van der Waals surface area contributed by atoms with E-state index in [0.29, 0.717) is 0 Å². The van der Waals surface area contributed by atoms with Crippen LogP contribution in [-0.2, 0) is 0 Å². The highest BCUT2D eigenvalue weighted by Crippen LogP contribution is 2.28. The zero-order valence-corrected chi connectivity index (χ0v) is 10.6. The molecule has 4 aromatic heterocycles. The van der Waals surface area contributed by atoms with Crippen LogP contribution in [0.2, 0.25) is 0 Å². The Morgan fingerprint density at radius 2 is 2.25 bits per heavy atom. The zero-order valence-electron chi connectivity index (χ0n) is 10.6. The maximum absolute atomic E-state index is 4.29. The topological polar surface area (TPSA) is 58.9 Å². The SMILES string of the molecule is C=Cc1cnn2ccc(-c3c[nH]c4ncncc34)cc12. The van der Waals surface area contributed by atoms with Gasteiger partial charge in [-0.2, -0.15) is 5.10 Å². The molecule has 0 unspecified atom stereocenters. The maximum atomic E-state index is 4.29. The van der Waals surface area contributed by atoms with Gasteiger partial charge in [-0.25, -0.2) is 14.5 Å². The standard InChI is InChI=1S/C15H11N5/c1-2-10-6-19-20-4-3-11(5-14(10)20)12-8-17-15-13(12)7-16-9-18-15/h2-9H,1H2,(H,16,17,18). The molecule has 20 heavy (non-hydrogen) atoms. The van der Waals surface area contributed by atoms with Gasteiger partial charge >= 0.3 is 0 Å². The molecule has 4 aromatic rings. The number of aromatic amines is 1. The molecule has 4 rings (SSSR count). The van der Waals surface area contributed by atoms with Gasteiger partial charge in [0.05, 0.1) is 11.7 Å². The van der Waals surface area contributed by atoms with Crippen LogP contribution in [0.15, 0.2) is 49.8 Å². The number of nitrogens with zero attached hydrogens (tertiary/aromatic N) is 4. The first kappa shape index (κ1) is 10.9. The van der Waals surface area contributed by atoms with E-state index in [0.717, 1.165) is 33.2 Å². The van der Waals surface area contributed by atoms with E-state index in [2.05, 4.69) is 32.7 Å². The van der Waals surface area contributed by atoms with Crippen LogP contribution in [0.3, 0.4) is 0 Å². The van der Waals surface area contributed by atoms with E-state index in [1.165, 1.54) is 0 Å². The summed E-state index contributed by atoms with van der Waals surface area (Å²) in [7, 11) is 0. The van der Waals surface area contributed by atoms with Gasteiger partial charge < -0.3 is 4.98 Å². The third-order valence-corrected chi connectivity index (χ3v) is 3.44. The van der Waals surface area contributed by atoms with Crippen molar-refractivity contribution < 1.29 is 0 Å². The second-order valence-electron chi connectivity index (χ2n) is 4.54. The third kappa shape index (κ3) is 1.46. The van der Waals surface area contributed by atoms with Gasteiger partial charge in [0, 0.05) is 35.1 Å². The second-order valence-corrected chi connectivity index (χ2v) is 4.54. The molecule has 0 amide bonds. The molecule has 0 spiro atoms. The summed E-state index contributed by atoms with van der Waals surface area (Å²) in [6.45, 7) is 3.82. The summed E-state index contributed by atoms with van der Waals surface area (Å²) in [5.41, 5.74) is 5.07. The summed E-state index contributed by atoms with van der Waals surface area (Å²) in [6, 6.07) is 4.13. The molecule has 0 aromatic carbocycles. The minimum absolute atomic E-state index is 0.840.